The molecule has 0 aliphatic carbocycles. The van der Waals surface area contributed by atoms with Gasteiger partial charge in [-0.1, -0.05) is 29.8 Å². The van der Waals surface area contributed by atoms with Crippen LogP contribution in [0.5, 0.6) is 5.75 Å². The highest BCUT2D eigenvalue weighted by Crippen LogP contribution is 2.23. The SMILES string of the molecule is CC(=O)OC(C)c1ccc(OS(=O)(=O)c2ccc(C)cc2)cc1. The molecule has 0 aliphatic rings. The third kappa shape index (κ3) is 4.56. The van der Waals surface area contributed by atoms with E-state index in [2.05, 4.69) is 0 Å². The molecule has 2 aromatic carbocycles. The van der Waals surface area contributed by atoms with Gasteiger partial charge in [0.1, 0.15) is 16.7 Å². The first kappa shape index (κ1) is 17.0. The van der Waals surface area contributed by atoms with E-state index < -0.39 is 16.2 Å². The van der Waals surface area contributed by atoms with Crippen molar-refractivity contribution in [3.05, 3.63) is 59.7 Å². The van der Waals surface area contributed by atoms with Crippen LogP contribution >= 0.6 is 0 Å². The number of carbonyl (C=O) groups excluding carboxylic acids is 1. The van der Waals surface area contributed by atoms with Crippen LogP contribution in [0.15, 0.2) is 53.4 Å². The second-order valence-corrected chi connectivity index (χ2v) is 6.72. The van der Waals surface area contributed by atoms with Crippen LogP contribution in [0.4, 0.5) is 0 Å². The molecule has 2 aromatic rings. The van der Waals surface area contributed by atoms with Crippen molar-refractivity contribution < 1.29 is 22.1 Å². The summed E-state index contributed by atoms with van der Waals surface area (Å²) in [6, 6.07) is 12.8. The number of benzene rings is 2. The molecule has 0 radical (unpaired) electrons. The summed E-state index contributed by atoms with van der Waals surface area (Å²) in [6.07, 6.45) is -0.407. The van der Waals surface area contributed by atoms with Crippen molar-refractivity contribution in [2.24, 2.45) is 0 Å². The van der Waals surface area contributed by atoms with E-state index in [4.69, 9.17) is 8.92 Å². The molecule has 0 saturated heterocycles. The molecule has 0 aliphatic heterocycles. The maximum absolute atomic E-state index is 12.2. The van der Waals surface area contributed by atoms with E-state index in [1.165, 1.54) is 31.2 Å². The highest BCUT2D eigenvalue weighted by Gasteiger charge is 2.17. The van der Waals surface area contributed by atoms with Crippen LogP contribution in [-0.2, 0) is 19.6 Å². The van der Waals surface area contributed by atoms with E-state index in [-0.39, 0.29) is 16.6 Å². The van der Waals surface area contributed by atoms with Gasteiger partial charge >= 0.3 is 16.1 Å². The zero-order valence-electron chi connectivity index (χ0n) is 13.1. The third-order valence-corrected chi connectivity index (χ3v) is 4.47. The zero-order valence-corrected chi connectivity index (χ0v) is 14.0. The molecule has 2 rings (SSSR count). The fourth-order valence-electron chi connectivity index (χ4n) is 1.99. The number of hydrogen-bond donors (Lipinski definition) is 0. The molecule has 0 spiro atoms. The summed E-state index contributed by atoms with van der Waals surface area (Å²) in [5.74, 6) is -0.177. The molecule has 0 bridgehead atoms. The van der Waals surface area contributed by atoms with Crippen LogP contribution in [-0.4, -0.2) is 14.4 Å². The lowest BCUT2D eigenvalue weighted by Crippen LogP contribution is -2.10. The summed E-state index contributed by atoms with van der Waals surface area (Å²) in [5.41, 5.74) is 1.72. The predicted molar refractivity (Wildman–Crippen MR) is 85.6 cm³/mol. The fourth-order valence-corrected chi connectivity index (χ4v) is 2.92. The number of esters is 1. The number of aryl methyl sites for hydroxylation is 1. The number of hydrogen-bond acceptors (Lipinski definition) is 5. The minimum atomic E-state index is -3.87. The van der Waals surface area contributed by atoms with Gasteiger partial charge in [0.25, 0.3) is 0 Å². The molecule has 0 amide bonds. The van der Waals surface area contributed by atoms with Gasteiger partial charge in [0.15, 0.2) is 0 Å². The second kappa shape index (κ2) is 6.83. The van der Waals surface area contributed by atoms with Gasteiger partial charge in [-0.3, -0.25) is 4.79 Å². The topological polar surface area (TPSA) is 69.7 Å². The highest BCUT2D eigenvalue weighted by molar-refractivity contribution is 7.87. The summed E-state index contributed by atoms with van der Waals surface area (Å²) >= 11 is 0. The van der Waals surface area contributed by atoms with Crippen LogP contribution in [0, 0.1) is 6.92 Å². The molecule has 5 nitrogen and oxygen atoms in total. The van der Waals surface area contributed by atoms with Gasteiger partial charge in [-0.25, -0.2) is 0 Å². The minimum Gasteiger partial charge on any atom is -0.458 e. The van der Waals surface area contributed by atoms with Crippen molar-refractivity contribution in [1.82, 2.24) is 0 Å². The highest BCUT2D eigenvalue weighted by atomic mass is 32.2. The van der Waals surface area contributed by atoms with Crippen LogP contribution < -0.4 is 4.18 Å². The van der Waals surface area contributed by atoms with E-state index in [9.17, 15) is 13.2 Å². The first-order valence-corrected chi connectivity index (χ1v) is 8.47. The largest absolute Gasteiger partial charge is 0.458 e. The normalized spacial score (nSPS) is 12.5. The molecule has 0 aromatic heterocycles. The molecular weight excluding hydrogens is 316 g/mol. The Morgan fingerprint density at radius 1 is 1.00 bits per heavy atom. The van der Waals surface area contributed by atoms with Crippen LogP contribution in [0.25, 0.3) is 0 Å². The molecule has 6 heteroatoms. The van der Waals surface area contributed by atoms with Gasteiger partial charge < -0.3 is 8.92 Å². The van der Waals surface area contributed by atoms with E-state index in [0.717, 1.165) is 11.1 Å². The Morgan fingerprint density at radius 2 is 1.57 bits per heavy atom. The van der Waals surface area contributed by atoms with E-state index in [0.29, 0.717) is 0 Å². The molecule has 0 saturated carbocycles. The van der Waals surface area contributed by atoms with Gasteiger partial charge in [0.05, 0.1) is 0 Å². The lowest BCUT2D eigenvalue weighted by atomic mass is 10.1. The predicted octanol–water partition coefficient (Wildman–Crippen LogP) is 3.39. The average Bonchev–Trinajstić information content (AvgIpc) is 2.47. The monoisotopic (exact) mass is 334 g/mol. The number of carbonyl (C=O) groups is 1. The summed E-state index contributed by atoms with van der Waals surface area (Å²) in [4.78, 5) is 11.0. The van der Waals surface area contributed by atoms with Gasteiger partial charge in [0, 0.05) is 6.92 Å². The Bertz CT molecular complexity index is 777. The van der Waals surface area contributed by atoms with Crippen molar-refractivity contribution in [1.29, 1.82) is 0 Å². The Labute approximate surface area is 136 Å². The summed E-state index contributed by atoms with van der Waals surface area (Å²) in [6.45, 7) is 4.95. The summed E-state index contributed by atoms with van der Waals surface area (Å²) < 4.78 is 34.5. The summed E-state index contributed by atoms with van der Waals surface area (Å²) in [5, 5.41) is 0. The van der Waals surface area contributed by atoms with E-state index >= 15 is 0 Å². The molecule has 1 unspecified atom stereocenters. The van der Waals surface area contributed by atoms with Crippen molar-refractivity contribution >= 4 is 16.1 Å². The van der Waals surface area contributed by atoms with Gasteiger partial charge in [-0.2, -0.15) is 8.42 Å². The molecule has 0 heterocycles. The van der Waals surface area contributed by atoms with E-state index in [1.54, 1.807) is 31.2 Å². The third-order valence-electron chi connectivity index (χ3n) is 3.21. The fraction of sp³-hybridized carbons (Fsp3) is 0.235. The van der Waals surface area contributed by atoms with Crippen LogP contribution in [0.3, 0.4) is 0 Å². The van der Waals surface area contributed by atoms with E-state index in [1.807, 2.05) is 6.92 Å². The first-order valence-electron chi connectivity index (χ1n) is 7.06. The lowest BCUT2D eigenvalue weighted by Gasteiger charge is -2.13. The van der Waals surface area contributed by atoms with Crippen LogP contribution in [0.1, 0.15) is 31.1 Å². The molecular formula is C17H18O5S. The molecule has 1 atom stereocenters. The van der Waals surface area contributed by atoms with Gasteiger partial charge in [0.2, 0.25) is 0 Å². The number of rotatable bonds is 5. The molecule has 122 valence electrons. The Morgan fingerprint density at radius 3 is 2.09 bits per heavy atom. The van der Waals surface area contributed by atoms with Gasteiger partial charge in [-0.15, -0.1) is 0 Å². The number of ether oxygens (including phenoxy) is 1. The van der Waals surface area contributed by atoms with Gasteiger partial charge in [-0.05, 0) is 43.7 Å². The van der Waals surface area contributed by atoms with Crippen molar-refractivity contribution in [2.45, 2.75) is 31.8 Å². The molecule has 0 N–H and O–H groups in total. The zero-order chi connectivity index (χ0) is 17.0. The molecule has 23 heavy (non-hydrogen) atoms. The second-order valence-electron chi connectivity index (χ2n) is 5.17. The van der Waals surface area contributed by atoms with Crippen molar-refractivity contribution in [2.75, 3.05) is 0 Å². The standard InChI is InChI=1S/C17H18O5S/c1-12-4-10-17(11-5-12)23(19,20)22-16-8-6-15(7-9-16)13(2)21-14(3)18/h4-11,13H,1-3H3. The molecule has 0 fully saturated rings. The summed E-state index contributed by atoms with van der Waals surface area (Å²) in [7, 11) is -3.87. The smallest absolute Gasteiger partial charge is 0.339 e. The Hall–Kier alpha value is -2.34. The maximum atomic E-state index is 12.2. The van der Waals surface area contributed by atoms with Crippen molar-refractivity contribution in [3.63, 3.8) is 0 Å². The Kier molecular flexibility index (Phi) is 5.05. The first-order chi connectivity index (χ1) is 10.8. The lowest BCUT2D eigenvalue weighted by molar-refractivity contribution is -0.145. The minimum absolute atomic E-state index is 0.0976. The van der Waals surface area contributed by atoms with Crippen molar-refractivity contribution in [3.8, 4) is 5.75 Å². The Balaban J connectivity index is 2.14. The quantitative estimate of drug-likeness (QED) is 0.619. The van der Waals surface area contributed by atoms with Crippen LogP contribution in [0.2, 0.25) is 0 Å². The maximum Gasteiger partial charge on any atom is 0.339 e. The average molecular weight is 334 g/mol.